The number of hydrogen-bond donors (Lipinski definition) is 1. The van der Waals surface area contributed by atoms with Crippen molar-refractivity contribution in [3.05, 3.63) is 34.0 Å². The van der Waals surface area contributed by atoms with Gasteiger partial charge >= 0.3 is 0 Å². The van der Waals surface area contributed by atoms with E-state index < -0.39 is 0 Å². The van der Waals surface area contributed by atoms with E-state index >= 15 is 0 Å². The van der Waals surface area contributed by atoms with Crippen LogP contribution in [0.3, 0.4) is 0 Å². The number of halogens is 2. The van der Waals surface area contributed by atoms with Crippen LogP contribution in [-0.2, 0) is 6.54 Å². The fourth-order valence-corrected chi connectivity index (χ4v) is 2.00. The molecule has 0 aliphatic carbocycles. The molecule has 1 aromatic carbocycles. The molecule has 1 heterocycles. The molecule has 1 aromatic heterocycles. The SMILES string of the molecule is CCNCc1coc2c(Cl)ccc(Cl)c12. The molecule has 0 saturated heterocycles. The molecule has 0 saturated carbocycles. The highest BCUT2D eigenvalue weighted by atomic mass is 35.5. The number of benzene rings is 1. The van der Waals surface area contributed by atoms with Crippen LogP contribution in [0.5, 0.6) is 0 Å². The van der Waals surface area contributed by atoms with Gasteiger partial charge in [0.05, 0.1) is 16.3 Å². The summed E-state index contributed by atoms with van der Waals surface area (Å²) in [4.78, 5) is 0. The molecule has 0 unspecified atom stereocenters. The van der Waals surface area contributed by atoms with Gasteiger partial charge in [0.2, 0.25) is 0 Å². The second-order valence-corrected chi connectivity index (χ2v) is 4.09. The molecule has 0 aliphatic heterocycles. The van der Waals surface area contributed by atoms with Crippen LogP contribution in [0.15, 0.2) is 22.8 Å². The van der Waals surface area contributed by atoms with E-state index in [1.165, 1.54) is 0 Å². The van der Waals surface area contributed by atoms with Crippen molar-refractivity contribution >= 4 is 34.2 Å². The molecular formula is C11H11Cl2NO. The van der Waals surface area contributed by atoms with Crippen LogP contribution >= 0.6 is 23.2 Å². The smallest absolute Gasteiger partial charge is 0.154 e. The van der Waals surface area contributed by atoms with E-state index in [0.717, 1.165) is 24.0 Å². The van der Waals surface area contributed by atoms with Gasteiger partial charge in [-0.3, -0.25) is 0 Å². The Balaban J connectivity index is 2.53. The summed E-state index contributed by atoms with van der Waals surface area (Å²) in [5.74, 6) is 0. The molecule has 0 aliphatic rings. The second-order valence-electron chi connectivity index (χ2n) is 3.27. The molecule has 0 spiro atoms. The van der Waals surface area contributed by atoms with Crippen LogP contribution in [0.25, 0.3) is 11.0 Å². The number of furan rings is 1. The first kappa shape index (κ1) is 10.8. The zero-order chi connectivity index (χ0) is 10.8. The van der Waals surface area contributed by atoms with E-state index in [2.05, 4.69) is 12.2 Å². The highest BCUT2D eigenvalue weighted by molar-refractivity contribution is 6.39. The number of rotatable bonds is 3. The highest BCUT2D eigenvalue weighted by Gasteiger charge is 2.11. The standard InChI is InChI=1S/C11H11Cl2NO/c1-2-14-5-7-6-15-11-9(13)4-3-8(12)10(7)11/h3-4,6,14H,2,5H2,1H3. The Hall–Kier alpha value is -0.700. The van der Waals surface area contributed by atoms with Crippen molar-refractivity contribution in [2.45, 2.75) is 13.5 Å². The summed E-state index contributed by atoms with van der Waals surface area (Å²) in [6.45, 7) is 3.70. The minimum atomic E-state index is 0.595. The van der Waals surface area contributed by atoms with Gasteiger partial charge in [-0.25, -0.2) is 0 Å². The molecule has 0 radical (unpaired) electrons. The zero-order valence-corrected chi connectivity index (χ0v) is 9.82. The molecule has 2 rings (SSSR count). The van der Waals surface area contributed by atoms with Gasteiger partial charge in [-0.2, -0.15) is 0 Å². The monoisotopic (exact) mass is 243 g/mol. The lowest BCUT2D eigenvalue weighted by Crippen LogP contribution is -2.11. The third kappa shape index (κ3) is 1.98. The molecule has 0 fully saturated rings. The molecule has 15 heavy (non-hydrogen) atoms. The van der Waals surface area contributed by atoms with Crippen LogP contribution in [-0.4, -0.2) is 6.54 Å². The third-order valence-corrected chi connectivity index (χ3v) is 2.88. The number of hydrogen-bond acceptors (Lipinski definition) is 2. The average molecular weight is 244 g/mol. The maximum absolute atomic E-state index is 6.11. The normalized spacial score (nSPS) is 11.1. The quantitative estimate of drug-likeness (QED) is 0.887. The highest BCUT2D eigenvalue weighted by Crippen LogP contribution is 2.33. The Morgan fingerprint density at radius 3 is 2.73 bits per heavy atom. The van der Waals surface area contributed by atoms with Gasteiger partial charge in [0, 0.05) is 17.5 Å². The Morgan fingerprint density at radius 2 is 2.00 bits per heavy atom. The first-order valence-electron chi connectivity index (χ1n) is 4.78. The van der Waals surface area contributed by atoms with Gasteiger partial charge in [-0.05, 0) is 18.7 Å². The Morgan fingerprint density at radius 1 is 1.27 bits per heavy atom. The molecule has 4 heteroatoms. The molecule has 2 nitrogen and oxygen atoms in total. The van der Waals surface area contributed by atoms with Crippen molar-refractivity contribution in [1.82, 2.24) is 5.32 Å². The maximum Gasteiger partial charge on any atom is 0.154 e. The van der Waals surface area contributed by atoms with Gasteiger partial charge < -0.3 is 9.73 Å². The Bertz CT molecular complexity index is 479. The van der Waals surface area contributed by atoms with Gasteiger partial charge in [-0.15, -0.1) is 0 Å². The van der Waals surface area contributed by atoms with Gasteiger partial charge in [0.1, 0.15) is 0 Å². The molecule has 0 amide bonds. The minimum absolute atomic E-state index is 0.595. The van der Waals surface area contributed by atoms with Crippen LogP contribution in [0.4, 0.5) is 0 Å². The van der Waals surface area contributed by atoms with Gasteiger partial charge in [0.25, 0.3) is 0 Å². The number of nitrogens with one attached hydrogen (secondary N) is 1. The maximum atomic E-state index is 6.11. The van der Waals surface area contributed by atoms with Crippen LogP contribution < -0.4 is 5.32 Å². The lowest BCUT2D eigenvalue weighted by Gasteiger charge is -2.00. The number of fused-ring (bicyclic) bond motifs is 1. The Kier molecular flexibility index (Phi) is 3.19. The lowest BCUT2D eigenvalue weighted by molar-refractivity contribution is 0.604. The van der Waals surface area contributed by atoms with E-state index in [9.17, 15) is 0 Å². The molecule has 80 valence electrons. The van der Waals surface area contributed by atoms with E-state index in [4.69, 9.17) is 27.6 Å². The Labute approximate surface area is 98.2 Å². The largest absolute Gasteiger partial charge is 0.462 e. The van der Waals surface area contributed by atoms with Gasteiger partial charge in [0.15, 0.2) is 5.58 Å². The molecule has 0 atom stereocenters. The fraction of sp³-hybridized carbons (Fsp3) is 0.273. The summed E-state index contributed by atoms with van der Waals surface area (Å²) in [7, 11) is 0. The molecule has 2 aromatic rings. The van der Waals surface area contributed by atoms with Gasteiger partial charge in [-0.1, -0.05) is 30.1 Å². The zero-order valence-electron chi connectivity index (χ0n) is 8.31. The first-order valence-corrected chi connectivity index (χ1v) is 5.54. The predicted octanol–water partition coefficient (Wildman–Crippen LogP) is 3.85. The molecular weight excluding hydrogens is 233 g/mol. The summed E-state index contributed by atoms with van der Waals surface area (Å²) >= 11 is 12.1. The molecule has 1 N–H and O–H groups in total. The predicted molar refractivity (Wildman–Crippen MR) is 63.6 cm³/mol. The fourth-order valence-electron chi connectivity index (χ4n) is 1.53. The first-order chi connectivity index (χ1) is 7.24. The summed E-state index contributed by atoms with van der Waals surface area (Å²) < 4.78 is 5.40. The lowest BCUT2D eigenvalue weighted by atomic mass is 10.2. The van der Waals surface area contributed by atoms with Crippen molar-refractivity contribution < 1.29 is 4.42 Å². The van der Waals surface area contributed by atoms with Crippen LogP contribution in [0.2, 0.25) is 10.0 Å². The van der Waals surface area contributed by atoms with E-state index in [0.29, 0.717) is 15.6 Å². The second kappa shape index (κ2) is 4.44. The average Bonchev–Trinajstić information content (AvgIpc) is 2.65. The van der Waals surface area contributed by atoms with Crippen molar-refractivity contribution in [2.75, 3.05) is 6.54 Å². The summed E-state index contributed by atoms with van der Waals surface area (Å²) in [6.07, 6.45) is 1.70. The minimum Gasteiger partial charge on any atom is -0.462 e. The van der Waals surface area contributed by atoms with Crippen molar-refractivity contribution in [1.29, 1.82) is 0 Å². The van der Waals surface area contributed by atoms with Crippen molar-refractivity contribution in [2.24, 2.45) is 0 Å². The van der Waals surface area contributed by atoms with Crippen molar-refractivity contribution in [3.8, 4) is 0 Å². The summed E-state index contributed by atoms with van der Waals surface area (Å²) in [5.41, 5.74) is 1.71. The third-order valence-electron chi connectivity index (χ3n) is 2.26. The van der Waals surface area contributed by atoms with Crippen molar-refractivity contribution in [3.63, 3.8) is 0 Å². The topological polar surface area (TPSA) is 25.2 Å². The van der Waals surface area contributed by atoms with Crippen LogP contribution in [0.1, 0.15) is 12.5 Å². The van der Waals surface area contributed by atoms with E-state index in [-0.39, 0.29) is 0 Å². The summed E-state index contributed by atoms with van der Waals surface area (Å²) in [6, 6.07) is 3.53. The van der Waals surface area contributed by atoms with E-state index in [1.807, 2.05) is 0 Å². The molecule has 0 bridgehead atoms. The van der Waals surface area contributed by atoms with Crippen LogP contribution in [0, 0.1) is 0 Å². The summed E-state index contributed by atoms with van der Waals surface area (Å²) in [5, 5.41) is 5.41. The van der Waals surface area contributed by atoms with E-state index in [1.54, 1.807) is 18.4 Å².